The van der Waals surface area contributed by atoms with Gasteiger partial charge in [0.05, 0.1) is 17.2 Å². The number of alkyl halides is 3. The highest BCUT2D eigenvalue weighted by molar-refractivity contribution is 5.34. The van der Waals surface area contributed by atoms with E-state index in [-0.39, 0.29) is 0 Å². The van der Waals surface area contributed by atoms with Crippen molar-refractivity contribution >= 4 is 0 Å². The topological polar surface area (TPSA) is 36.3 Å². The molecule has 0 saturated carbocycles. The minimum absolute atomic E-state index is 0.447. The first-order chi connectivity index (χ1) is 11.4. The molecule has 0 aliphatic rings. The largest absolute Gasteiger partial charge is 0.492 e. The lowest BCUT2D eigenvalue weighted by Gasteiger charge is -2.17. The van der Waals surface area contributed by atoms with Gasteiger partial charge in [-0.05, 0) is 49.0 Å². The van der Waals surface area contributed by atoms with Gasteiger partial charge in [0.1, 0.15) is 12.4 Å². The molecule has 0 unspecified atom stereocenters. The summed E-state index contributed by atoms with van der Waals surface area (Å²) < 4.78 is 43.1. The Morgan fingerprint density at radius 1 is 1.04 bits per heavy atom. The standard InChI is InChI=1S/C18H17F3N2O/c1-23(10-11-24-17-8-4-14(12-22)5-9-17)13-15-2-6-16(7-3-15)18(19,20)21/h2-9H,10-11,13H2,1H3. The summed E-state index contributed by atoms with van der Waals surface area (Å²) in [6.07, 6.45) is -4.31. The van der Waals surface area contributed by atoms with Gasteiger partial charge in [-0.3, -0.25) is 4.90 Å². The van der Waals surface area contributed by atoms with Gasteiger partial charge in [0.15, 0.2) is 0 Å². The molecule has 126 valence electrons. The van der Waals surface area contributed by atoms with Crippen LogP contribution in [0.3, 0.4) is 0 Å². The third-order valence-corrected chi connectivity index (χ3v) is 3.46. The average molecular weight is 334 g/mol. The van der Waals surface area contributed by atoms with Crippen LogP contribution >= 0.6 is 0 Å². The maximum atomic E-state index is 12.5. The number of rotatable bonds is 6. The van der Waals surface area contributed by atoms with E-state index in [2.05, 4.69) is 0 Å². The van der Waals surface area contributed by atoms with E-state index in [9.17, 15) is 13.2 Å². The number of benzene rings is 2. The quantitative estimate of drug-likeness (QED) is 0.798. The van der Waals surface area contributed by atoms with Crippen LogP contribution in [-0.2, 0) is 12.7 Å². The predicted molar refractivity (Wildman–Crippen MR) is 84.4 cm³/mol. The molecule has 2 aromatic rings. The average Bonchev–Trinajstić information content (AvgIpc) is 2.55. The summed E-state index contributed by atoms with van der Waals surface area (Å²) in [5.41, 5.74) is 0.740. The summed E-state index contributed by atoms with van der Waals surface area (Å²) >= 11 is 0. The van der Waals surface area contributed by atoms with Crippen molar-refractivity contribution in [3.63, 3.8) is 0 Å². The molecule has 0 spiro atoms. The summed E-state index contributed by atoms with van der Waals surface area (Å²) in [7, 11) is 1.87. The minimum atomic E-state index is -4.31. The van der Waals surface area contributed by atoms with Crippen LogP contribution in [0.2, 0.25) is 0 Å². The molecule has 0 N–H and O–H groups in total. The summed E-state index contributed by atoms with van der Waals surface area (Å²) in [6.45, 7) is 1.61. The van der Waals surface area contributed by atoms with E-state index >= 15 is 0 Å². The summed E-state index contributed by atoms with van der Waals surface area (Å²) in [4.78, 5) is 1.96. The van der Waals surface area contributed by atoms with Crippen molar-refractivity contribution in [3.8, 4) is 11.8 Å². The molecule has 3 nitrogen and oxygen atoms in total. The smallest absolute Gasteiger partial charge is 0.416 e. The molecule has 0 aliphatic carbocycles. The van der Waals surface area contributed by atoms with Crippen molar-refractivity contribution in [2.24, 2.45) is 0 Å². The van der Waals surface area contributed by atoms with Gasteiger partial charge in [-0.25, -0.2) is 0 Å². The number of halogens is 3. The van der Waals surface area contributed by atoms with E-state index in [4.69, 9.17) is 10.00 Å². The van der Waals surface area contributed by atoms with Crippen LogP contribution in [-0.4, -0.2) is 25.1 Å². The molecule has 0 fully saturated rings. The first-order valence-electron chi connectivity index (χ1n) is 7.36. The third-order valence-electron chi connectivity index (χ3n) is 3.46. The molecular weight excluding hydrogens is 317 g/mol. The summed E-state index contributed by atoms with van der Waals surface area (Å²) in [5.74, 6) is 0.678. The molecule has 2 rings (SSSR count). The third kappa shape index (κ3) is 5.28. The van der Waals surface area contributed by atoms with Crippen LogP contribution in [0.25, 0.3) is 0 Å². The number of hydrogen-bond donors (Lipinski definition) is 0. The van der Waals surface area contributed by atoms with E-state index in [0.717, 1.165) is 17.7 Å². The normalized spacial score (nSPS) is 11.3. The highest BCUT2D eigenvalue weighted by atomic mass is 19.4. The lowest BCUT2D eigenvalue weighted by atomic mass is 10.1. The first kappa shape index (κ1) is 17.8. The molecule has 0 radical (unpaired) electrons. The molecule has 0 bridgehead atoms. The van der Waals surface area contributed by atoms with E-state index in [0.29, 0.717) is 31.0 Å². The Labute approximate surface area is 138 Å². The Morgan fingerprint density at radius 3 is 2.21 bits per heavy atom. The van der Waals surface area contributed by atoms with Crippen LogP contribution in [0, 0.1) is 11.3 Å². The fraction of sp³-hybridized carbons (Fsp3) is 0.278. The monoisotopic (exact) mass is 334 g/mol. The van der Waals surface area contributed by atoms with Crippen molar-refractivity contribution in [2.75, 3.05) is 20.2 Å². The number of nitrogens with zero attached hydrogens (tertiary/aromatic N) is 2. The lowest BCUT2D eigenvalue weighted by molar-refractivity contribution is -0.137. The Hall–Kier alpha value is -2.52. The zero-order chi connectivity index (χ0) is 17.6. The maximum Gasteiger partial charge on any atom is 0.416 e. The Kier molecular flexibility index (Phi) is 5.83. The second-order valence-corrected chi connectivity index (χ2v) is 5.42. The van der Waals surface area contributed by atoms with Gasteiger partial charge in [-0.1, -0.05) is 12.1 Å². The van der Waals surface area contributed by atoms with E-state index in [1.807, 2.05) is 18.0 Å². The number of ether oxygens (including phenoxy) is 1. The molecule has 0 atom stereocenters. The Balaban J connectivity index is 1.78. The van der Waals surface area contributed by atoms with Crippen molar-refractivity contribution in [1.29, 1.82) is 5.26 Å². The van der Waals surface area contributed by atoms with Crippen LogP contribution in [0.4, 0.5) is 13.2 Å². The van der Waals surface area contributed by atoms with Crippen molar-refractivity contribution in [3.05, 3.63) is 65.2 Å². The second-order valence-electron chi connectivity index (χ2n) is 5.42. The SMILES string of the molecule is CN(CCOc1ccc(C#N)cc1)Cc1ccc(C(F)(F)F)cc1. The fourth-order valence-electron chi connectivity index (χ4n) is 2.13. The lowest BCUT2D eigenvalue weighted by Crippen LogP contribution is -2.23. The maximum absolute atomic E-state index is 12.5. The van der Waals surface area contributed by atoms with Crippen LogP contribution in [0.1, 0.15) is 16.7 Å². The molecule has 0 aliphatic heterocycles. The highest BCUT2D eigenvalue weighted by Gasteiger charge is 2.29. The van der Waals surface area contributed by atoms with Gasteiger partial charge in [-0.2, -0.15) is 18.4 Å². The fourth-order valence-corrected chi connectivity index (χ4v) is 2.13. The van der Waals surface area contributed by atoms with Crippen molar-refractivity contribution in [1.82, 2.24) is 4.90 Å². The summed E-state index contributed by atoms with van der Waals surface area (Å²) in [6, 6.07) is 14.0. The van der Waals surface area contributed by atoms with E-state index < -0.39 is 11.7 Å². The van der Waals surface area contributed by atoms with E-state index in [1.165, 1.54) is 12.1 Å². The van der Waals surface area contributed by atoms with Crippen molar-refractivity contribution < 1.29 is 17.9 Å². The molecular formula is C18H17F3N2O. The highest BCUT2D eigenvalue weighted by Crippen LogP contribution is 2.29. The molecule has 0 heterocycles. The van der Waals surface area contributed by atoms with Gasteiger partial charge in [0.2, 0.25) is 0 Å². The van der Waals surface area contributed by atoms with Gasteiger partial charge in [-0.15, -0.1) is 0 Å². The Bertz CT molecular complexity index is 688. The summed E-state index contributed by atoms with van der Waals surface area (Å²) in [5, 5.41) is 8.72. The minimum Gasteiger partial charge on any atom is -0.492 e. The molecule has 6 heteroatoms. The first-order valence-corrected chi connectivity index (χ1v) is 7.36. The number of nitriles is 1. The number of likely N-dealkylation sites (N-methyl/N-ethyl adjacent to an activating group) is 1. The molecule has 24 heavy (non-hydrogen) atoms. The molecule has 0 saturated heterocycles. The van der Waals surface area contributed by atoms with Gasteiger partial charge in [0.25, 0.3) is 0 Å². The van der Waals surface area contributed by atoms with Crippen LogP contribution in [0.5, 0.6) is 5.75 Å². The van der Waals surface area contributed by atoms with Gasteiger partial charge < -0.3 is 4.74 Å². The van der Waals surface area contributed by atoms with Crippen LogP contribution in [0.15, 0.2) is 48.5 Å². The zero-order valence-electron chi connectivity index (χ0n) is 13.2. The predicted octanol–water partition coefficient (Wildman–Crippen LogP) is 4.09. The van der Waals surface area contributed by atoms with Gasteiger partial charge >= 0.3 is 6.18 Å². The van der Waals surface area contributed by atoms with Crippen molar-refractivity contribution in [2.45, 2.75) is 12.7 Å². The van der Waals surface area contributed by atoms with E-state index in [1.54, 1.807) is 24.3 Å². The van der Waals surface area contributed by atoms with Crippen LogP contribution < -0.4 is 4.74 Å². The molecule has 2 aromatic carbocycles. The molecule has 0 amide bonds. The number of hydrogen-bond acceptors (Lipinski definition) is 3. The molecule has 0 aromatic heterocycles. The second kappa shape index (κ2) is 7.84. The zero-order valence-corrected chi connectivity index (χ0v) is 13.2. The Morgan fingerprint density at radius 2 is 1.67 bits per heavy atom. The van der Waals surface area contributed by atoms with Gasteiger partial charge in [0, 0.05) is 13.1 Å².